The third-order valence-electron chi connectivity index (χ3n) is 9.18. The van der Waals surface area contributed by atoms with Crippen LogP contribution in [0.2, 0.25) is 0 Å². The average Bonchev–Trinajstić information content (AvgIpc) is 3.02. The zero-order valence-electron chi connectivity index (χ0n) is 28.5. The van der Waals surface area contributed by atoms with Gasteiger partial charge in [0.25, 0.3) is 0 Å². The Morgan fingerprint density at radius 1 is 0.900 bits per heavy atom. The van der Waals surface area contributed by atoms with Crippen LogP contribution in [0.4, 0.5) is 0 Å². The Labute approximate surface area is 291 Å². The SMILES string of the molecule is CC[C@H]1/C=C/C=C/C=C/C=C/[C@H](O[C@@H]2O[C@H](C)[C@@H](O)[C@H](N)[C@@H]2O)C[C@@H]2O[C@](O)(C[C@@H](O)C[C@@H](O)[C@H](O)/C=C/C(=O)O[C@@H]1C)C[C@H](O)[C@H]2C(=O)O. The number of carbonyl (C=O) groups is 2. The van der Waals surface area contributed by atoms with Crippen molar-refractivity contribution in [2.75, 3.05) is 0 Å². The fourth-order valence-corrected chi connectivity index (χ4v) is 6.28. The predicted octanol–water partition coefficient (Wildman–Crippen LogP) is -0.290. The molecule has 3 rings (SSSR count). The third kappa shape index (κ3) is 11.9. The van der Waals surface area contributed by atoms with Crippen molar-refractivity contribution >= 4 is 11.9 Å². The van der Waals surface area contributed by atoms with E-state index in [9.17, 15) is 50.4 Å². The molecule has 2 saturated heterocycles. The van der Waals surface area contributed by atoms with Crippen LogP contribution in [0.5, 0.6) is 0 Å². The molecular formula is C35H53NO14. The first kappa shape index (κ1) is 41.6. The summed E-state index contributed by atoms with van der Waals surface area (Å²) in [4.78, 5) is 24.7. The first-order valence-corrected chi connectivity index (χ1v) is 16.9. The van der Waals surface area contributed by atoms with Crippen molar-refractivity contribution in [1.29, 1.82) is 0 Å². The van der Waals surface area contributed by atoms with E-state index < -0.39 is 116 Å². The van der Waals surface area contributed by atoms with E-state index >= 15 is 0 Å². The smallest absolute Gasteiger partial charge is 0.330 e. The van der Waals surface area contributed by atoms with Crippen LogP contribution in [0.25, 0.3) is 0 Å². The molecule has 15 atom stereocenters. The lowest BCUT2D eigenvalue weighted by Gasteiger charge is -2.45. The van der Waals surface area contributed by atoms with E-state index in [1.807, 2.05) is 13.0 Å². The zero-order chi connectivity index (χ0) is 37.2. The predicted molar refractivity (Wildman–Crippen MR) is 178 cm³/mol. The molecule has 0 aromatic carbocycles. The maximum absolute atomic E-state index is 12.4. The Bertz CT molecular complexity index is 1250. The Morgan fingerprint density at radius 3 is 2.18 bits per heavy atom. The van der Waals surface area contributed by atoms with Crippen LogP contribution in [0.1, 0.15) is 52.9 Å². The van der Waals surface area contributed by atoms with Crippen molar-refractivity contribution in [3.05, 3.63) is 60.8 Å². The van der Waals surface area contributed by atoms with Gasteiger partial charge in [0.15, 0.2) is 12.1 Å². The Morgan fingerprint density at radius 2 is 1.54 bits per heavy atom. The number of fused-ring (bicyclic) bond motifs is 2. The highest BCUT2D eigenvalue weighted by atomic mass is 16.7. The minimum atomic E-state index is -2.27. The molecule has 0 saturated carbocycles. The second-order valence-electron chi connectivity index (χ2n) is 13.2. The van der Waals surface area contributed by atoms with Crippen LogP contribution in [0.3, 0.4) is 0 Å². The molecule has 50 heavy (non-hydrogen) atoms. The first-order valence-electron chi connectivity index (χ1n) is 16.9. The van der Waals surface area contributed by atoms with Crippen LogP contribution < -0.4 is 5.73 Å². The topological polar surface area (TPSA) is 259 Å². The highest BCUT2D eigenvalue weighted by molar-refractivity contribution is 5.82. The molecule has 3 aliphatic rings. The van der Waals surface area contributed by atoms with Gasteiger partial charge in [0, 0.05) is 37.7 Å². The fourth-order valence-electron chi connectivity index (χ4n) is 6.28. The molecule has 0 spiro atoms. The molecule has 10 N–H and O–H groups in total. The maximum Gasteiger partial charge on any atom is 0.330 e. The van der Waals surface area contributed by atoms with E-state index in [0.717, 1.165) is 12.2 Å². The average molecular weight is 712 g/mol. The van der Waals surface area contributed by atoms with Crippen LogP contribution in [-0.2, 0) is 28.5 Å². The Hall–Kier alpha value is -2.80. The molecule has 0 amide bonds. The van der Waals surface area contributed by atoms with Gasteiger partial charge in [-0.1, -0.05) is 55.5 Å². The molecule has 3 aliphatic heterocycles. The number of carbonyl (C=O) groups excluding carboxylic acids is 1. The van der Waals surface area contributed by atoms with E-state index in [4.69, 9.17) is 24.7 Å². The van der Waals surface area contributed by atoms with Gasteiger partial charge in [-0.25, -0.2) is 4.79 Å². The number of esters is 1. The lowest BCUT2D eigenvalue weighted by molar-refractivity contribution is -0.308. The Kier molecular flexibility index (Phi) is 15.9. The van der Waals surface area contributed by atoms with Gasteiger partial charge in [0.05, 0.1) is 54.9 Å². The number of hydrogen-bond acceptors (Lipinski definition) is 14. The number of aliphatic carboxylic acids is 1. The van der Waals surface area contributed by atoms with Crippen LogP contribution in [0, 0.1) is 11.8 Å². The molecule has 282 valence electrons. The summed E-state index contributed by atoms with van der Waals surface area (Å²) in [6, 6.07) is -1.11. The number of ether oxygens (including phenoxy) is 4. The molecule has 2 bridgehead atoms. The van der Waals surface area contributed by atoms with Gasteiger partial charge < -0.3 is 65.5 Å². The normalized spacial score (nSPS) is 46.0. The molecule has 0 radical (unpaired) electrons. The Balaban J connectivity index is 1.95. The van der Waals surface area contributed by atoms with E-state index in [2.05, 4.69) is 0 Å². The summed E-state index contributed by atoms with van der Waals surface area (Å²) in [5, 5.41) is 84.9. The van der Waals surface area contributed by atoms with Crippen LogP contribution >= 0.6 is 0 Å². The maximum atomic E-state index is 12.4. The van der Waals surface area contributed by atoms with Crippen molar-refractivity contribution in [3.8, 4) is 0 Å². The van der Waals surface area contributed by atoms with Gasteiger partial charge in [-0.15, -0.1) is 0 Å². The molecule has 15 heteroatoms. The number of carboxylic acid groups (broad SMARTS) is 1. The highest BCUT2D eigenvalue weighted by Gasteiger charge is 2.51. The van der Waals surface area contributed by atoms with E-state index in [-0.39, 0.29) is 12.3 Å². The lowest BCUT2D eigenvalue weighted by Crippen LogP contribution is -2.61. The summed E-state index contributed by atoms with van der Waals surface area (Å²) in [7, 11) is 0. The quantitative estimate of drug-likeness (QED) is 0.170. The number of allylic oxidation sites excluding steroid dienone is 6. The highest BCUT2D eigenvalue weighted by Crippen LogP contribution is 2.38. The summed E-state index contributed by atoms with van der Waals surface area (Å²) in [6.07, 6.45) is 0.278. The van der Waals surface area contributed by atoms with Crippen molar-refractivity contribution < 1.29 is 69.4 Å². The molecule has 15 nitrogen and oxygen atoms in total. The second-order valence-corrected chi connectivity index (χ2v) is 13.2. The monoisotopic (exact) mass is 711 g/mol. The van der Waals surface area contributed by atoms with Gasteiger partial charge in [0.2, 0.25) is 0 Å². The van der Waals surface area contributed by atoms with Gasteiger partial charge in [0.1, 0.15) is 18.1 Å². The molecule has 0 unspecified atom stereocenters. The van der Waals surface area contributed by atoms with Gasteiger partial charge >= 0.3 is 11.9 Å². The summed E-state index contributed by atoms with van der Waals surface area (Å²) in [5.41, 5.74) is 5.97. The summed E-state index contributed by atoms with van der Waals surface area (Å²) < 4.78 is 23.0. The van der Waals surface area contributed by atoms with E-state index in [1.165, 1.54) is 6.08 Å². The van der Waals surface area contributed by atoms with Crippen molar-refractivity contribution in [1.82, 2.24) is 0 Å². The van der Waals surface area contributed by atoms with Gasteiger partial charge in [-0.05, 0) is 26.3 Å². The van der Waals surface area contributed by atoms with E-state index in [0.29, 0.717) is 6.42 Å². The number of rotatable bonds is 4. The molecule has 3 heterocycles. The summed E-state index contributed by atoms with van der Waals surface area (Å²) in [5.74, 6) is -6.09. The molecule has 2 fully saturated rings. The lowest BCUT2D eigenvalue weighted by atomic mass is 9.82. The first-order chi connectivity index (χ1) is 23.5. The van der Waals surface area contributed by atoms with Crippen molar-refractivity contribution in [2.45, 2.75) is 132 Å². The molecule has 0 aromatic heterocycles. The number of nitrogens with two attached hydrogens (primary N) is 1. The van der Waals surface area contributed by atoms with E-state index in [1.54, 1.807) is 50.3 Å². The molecule has 0 aliphatic carbocycles. The largest absolute Gasteiger partial charge is 0.481 e. The number of carboxylic acids is 1. The van der Waals surface area contributed by atoms with Gasteiger partial charge in [-0.3, -0.25) is 4.79 Å². The van der Waals surface area contributed by atoms with Crippen molar-refractivity contribution in [3.63, 3.8) is 0 Å². The molecule has 0 aromatic rings. The number of hydrogen-bond donors (Lipinski definition) is 9. The fraction of sp³-hybridized carbons (Fsp3) is 0.657. The number of cyclic esters (lactones) is 1. The summed E-state index contributed by atoms with van der Waals surface area (Å²) >= 11 is 0. The minimum Gasteiger partial charge on any atom is -0.481 e. The van der Waals surface area contributed by atoms with Crippen molar-refractivity contribution in [2.24, 2.45) is 17.6 Å². The van der Waals surface area contributed by atoms with Crippen LogP contribution in [-0.4, -0.2) is 132 Å². The standard InChI is InChI=1S/C35H53NO14/c1-4-21-11-9-7-5-6-8-10-12-23(49-34-32(43)30(36)31(42)20(3)48-34)16-27-29(33(44)45)26(40)18-35(46,50-27)17-22(37)15-25(39)24(38)13-14-28(41)47-19(21)2/h5-14,19-27,29-32,34,37-40,42-43,46H,4,15-18,36H2,1-3H3,(H,44,45)/b7-5+,8-6+,11-9+,12-10+,14-13+/t19-,20-,21+,22+,23+,24-,25-,26+,27+,29-,30+,31-,32+,34+,35-/m1/s1. The van der Waals surface area contributed by atoms with Crippen LogP contribution in [0.15, 0.2) is 60.8 Å². The zero-order valence-corrected chi connectivity index (χ0v) is 28.5. The third-order valence-corrected chi connectivity index (χ3v) is 9.18. The molecular weight excluding hydrogens is 658 g/mol. The second kappa shape index (κ2) is 19.2. The number of aliphatic hydroxyl groups excluding tert-OH is 6. The minimum absolute atomic E-state index is 0.120. The van der Waals surface area contributed by atoms with Gasteiger partial charge in [-0.2, -0.15) is 0 Å². The number of aliphatic hydroxyl groups is 7. The summed E-state index contributed by atoms with van der Waals surface area (Å²) in [6.45, 7) is 5.21.